The van der Waals surface area contributed by atoms with Crippen LogP contribution < -0.4 is 22.1 Å². The van der Waals surface area contributed by atoms with Gasteiger partial charge in [0, 0.05) is 53.0 Å². The average molecular weight is 1270 g/mol. The summed E-state index contributed by atoms with van der Waals surface area (Å²) in [7, 11) is 0. The van der Waals surface area contributed by atoms with Gasteiger partial charge in [-0.05, 0) is 104 Å². The molecule has 23 heteroatoms. The van der Waals surface area contributed by atoms with Crippen LogP contribution in [-0.4, -0.2) is 178 Å². The minimum Gasteiger partial charge on any atom is -0.460 e. The Bertz CT molecular complexity index is 1940. The zero-order chi connectivity index (χ0) is 60.4. The Morgan fingerprint density at radius 1 is 0.446 bits per heavy atom. The maximum Gasteiger partial charge on any atom is 0.408 e. The second-order valence-electron chi connectivity index (χ2n) is 20.8. The van der Waals surface area contributed by atoms with Gasteiger partial charge in [0.25, 0.3) is 0 Å². The number of carbonyl (C=O) groups excluding carboxylic acids is 6. The number of unbranched alkanes of at least 4 members (excludes halogenated alkanes) is 2. The van der Waals surface area contributed by atoms with Gasteiger partial charge in [-0.1, -0.05) is 67.1 Å². The van der Waals surface area contributed by atoms with E-state index < -0.39 is 29.4 Å². The molecule has 0 unspecified atom stereocenters. The van der Waals surface area contributed by atoms with Gasteiger partial charge in [-0.2, -0.15) is 0 Å². The summed E-state index contributed by atoms with van der Waals surface area (Å²) in [4.78, 5) is 72.6. The summed E-state index contributed by atoms with van der Waals surface area (Å²) < 4.78 is 64.5. The molecular weight excluding hydrogens is 1170 g/mol. The molecule has 6 N–H and O–H groups in total. The number of carbonyl (C=O) groups is 6. The Balaban J connectivity index is 0.00000181. The maximum absolute atomic E-state index is 13.1. The van der Waals surface area contributed by atoms with Crippen molar-refractivity contribution >= 4 is 35.7 Å². The first kappa shape index (κ1) is 78.5. The number of hydrogen-bond acceptors (Lipinski definition) is 20. The summed E-state index contributed by atoms with van der Waals surface area (Å²) in [6.07, 6.45) is 5.16. The molecule has 0 aliphatic heterocycles. The fourth-order valence-corrected chi connectivity index (χ4v) is 7.00. The first-order valence-corrected chi connectivity index (χ1v) is 28.9. The summed E-state index contributed by atoms with van der Waals surface area (Å²) in [5, 5.41) is 5.43. The summed E-state index contributed by atoms with van der Waals surface area (Å²) >= 11 is 0. The van der Waals surface area contributed by atoms with Crippen LogP contribution in [0.3, 0.4) is 0 Å². The van der Waals surface area contributed by atoms with Gasteiger partial charge >= 0.3 is 24.1 Å². The quantitative estimate of drug-likeness (QED) is 0.0222. The molecule has 2 amide bonds. The summed E-state index contributed by atoms with van der Waals surface area (Å²) in [6.45, 7) is 18.8. The summed E-state index contributed by atoms with van der Waals surface area (Å²) in [5.41, 5.74) is 12.1. The largest absolute Gasteiger partial charge is 0.460 e. The van der Waals surface area contributed by atoms with Gasteiger partial charge in [0.1, 0.15) is 30.2 Å². The van der Waals surface area contributed by atoms with Crippen LogP contribution in [0.1, 0.15) is 130 Å². The van der Waals surface area contributed by atoms with Gasteiger partial charge in [-0.25, -0.2) is 9.59 Å². The normalized spacial score (nSPS) is 12.0. The van der Waals surface area contributed by atoms with E-state index in [0.717, 1.165) is 24.0 Å². The Hall–Kier alpha value is -4.48. The van der Waals surface area contributed by atoms with E-state index in [2.05, 4.69) is 10.6 Å². The number of alkyl carbamates (subject to hydrolysis) is 2. The van der Waals surface area contributed by atoms with Gasteiger partial charge in [0.2, 0.25) is 0 Å². The molecular formula is C60H100N4O18Pd. The smallest absolute Gasteiger partial charge is 0.408 e. The zero-order valence-electron chi connectivity index (χ0n) is 50.4. The van der Waals surface area contributed by atoms with E-state index in [1.807, 2.05) is 102 Å². The molecule has 0 aliphatic carbocycles. The second kappa shape index (κ2) is 51.9. The van der Waals surface area contributed by atoms with Crippen LogP contribution in [0.5, 0.6) is 0 Å². The van der Waals surface area contributed by atoms with Gasteiger partial charge in [-0.15, -0.1) is 0 Å². The Kier molecular flexibility index (Phi) is 49.1. The number of nitrogens with one attached hydrogen (secondary N) is 2. The molecule has 0 aliphatic rings. The summed E-state index contributed by atoms with van der Waals surface area (Å²) in [6, 6.07) is 17.6. The topological polar surface area (TPSA) is 289 Å². The molecule has 2 aromatic rings. The molecule has 83 heavy (non-hydrogen) atoms. The van der Waals surface area contributed by atoms with Gasteiger partial charge in [0.05, 0.1) is 117 Å². The van der Waals surface area contributed by atoms with Crippen LogP contribution >= 0.6 is 0 Å². The molecule has 0 bridgehead atoms. The van der Waals surface area contributed by atoms with Gasteiger partial charge in [0.15, 0.2) is 5.78 Å². The standard InChI is InChI=1S/C38H56N2O11.C22H44N2O7.Pd/c1-38(2,3)51-35(42)19-22-46-24-26-48-28-27-47-25-23-45-21-12-18-34(41)33(40-37(44)50-30-32-15-8-5-9-16-32)17-10-11-20-39-36(43)49-29-31-13-6-4-7-14-31;1-22(2,3)31-21(26)9-12-28-14-16-30-18-17-29-15-13-27-11-6-8-20(25)19(24)7-4-5-10-23;/h4-9,13-16,33H,10-12,17-30H2,1-3H3,(H,39,43)(H,40,44);19H,4-18,23-24H2,1-3H3;/t33-;19-;/m00./s1. The van der Waals surface area contributed by atoms with Crippen LogP contribution in [-0.2, 0) is 110 Å². The fraction of sp³-hybridized carbons (Fsp3) is 0.700. The third kappa shape index (κ3) is 51.7. The third-order valence-corrected chi connectivity index (χ3v) is 11.1. The third-order valence-electron chi connectivity index (χ3n) is 11.1. The van der Waals surface area contributed by atoms with E-state index in [1.165, 1.54) is 0 Å². The van der Waals surface area contributed by atoms with Crippen molar-refractivity contribution in [3.63, 3.8) is 0 Å². The number of rotatable bonds is 48. The first-order chi connectivity index (χ1) is 39.4. The van der Waals surface area contributed by atoms with Gasteiger partial charge in [-0.3, -0.25) is 19.2 Å². The van der Waals surface area contributed by atoms with Crippen molar-refractivity contribution < 1.29 is 106 Å². The number of amides is 2. The number of esters is 2. The first-order valence-electron chi connectivity index (χ1n) is 28.9. The Morgan fingerprint density at radius 2 is 0.819 bits per heavy atom. The minimum atomic E-state index is -0.725. The molecule has 0 heterocycles. The van der Waals surface area contributed by atoms with E-state index in [1.54, 1.807) is 0 Å². The average Bonchev–Trinajstić information content (AvgIpc) is 3.43. The SMILES string of the molecule is CC(C)(C)OC(=O)CCOCCOCCOCCOCCCC(=O)[C@@H](N)CCCCN.CC(C)(C)OC(=O)CCOCCOCCOCCOCCCC(=O)[C@H](CCCCNC(=O)OCc1ccccc1)NC(=O)OCc1ccccc1.[Pd]. The van der Waals surface area contributed by atoms with Crippen molar-refractivity contribution in [3.05, 3.63) is 71.8 Å². The molecule has 2 atom stereocenters. The number of benzene rings is 2. The summed E-state index contributed by atoms with van der Waals surface area (Å²) in [5.74, 6) is -0.589. The molecule has 2 aromatic carbocycles. The number of ketones is 2. The monoisotopic (exact) mass is 1270 g/mol. The number of nitrogens with two attached hydrogens (primary N) is 2. The fourth-order valence-electron chi connectivity index (χ4n) is 7.00. The Labute approximate surface area is 507 Å². The number of Topliss-reactive ketones (excluding diaryl/α,β-unsaturated/α-hetero) is 2. The van der Waals surface area contributed by atoms with Crippen LogP contribution in [0.2, 0.25) is 0 Å². The van der Waals surface area contributed by atoms with Crippen LogP contribution in [0, 0.1) is 0 Å². The van der Waals surface area contributed by atoms with E-state index >= 15 is 0 Å². The molecule has 2 rings (SSSR count). The number of ether oxygens (including phenoxy) is 12. The molecule has 0 spiro atoms. The molecule has 0 aromatic heterocycles. The number of hydrogen-bond donors (Lipinski definition) is 4. The van der Waals surface area contributed by atoms with E-state index in [-0.39, 0.29) is 89.1 Å². The maximum atomic E-state index is 13.1. The van der Waals surface area contributed by atoms with Crippen molar-refractivity contribution in [3.8, 4) is 0 Å². The van der Waals surface area contributed by atoms with Crippen LogP contribution in [0.15, 0.2) is 60.7 Å². The van der Waals surface area contributed by atoms with Crippen molar-refractivity contribution in [2.45, 2.75) is 155 Å². The minimum absolute atomic E-state index is 0. The van der Waals surface area contributed by atoms with Crippen molar-refractivity contribution in [2.24, 2.45) is 11.5 Å². The molecule has 22 nitrogen and oxygen atoms in total. The Morgan fingerprint density at radius 3 is 1.23 bits per heavy atom. The predicted molar refractivity (Wildman–Crippen MR) is 309 cm³/mol. The van der Waals surface area contributed by atoms with E-state index in [9.17, 15) is 28.8 Å². The molecule has 0 radical (unpaired) electrons. The van der Waals surface area contributed by atoms with Gasteiger partial charge < -0.3 is 78.9 Å². The molecule has 0 saturated heterocycles. The van der Waals surface area contributed by atoms with E-state index in [0.29, 0.717) is 157 Å². The van der Waals surface area contributed by atoms with Crippen molar-refractivity contribution in [2.75, 3.05) is 119 Å². The predicted octanol–water partition coefficient (Wildman–Crippen LogP) is 7.11. The molecule has 478 valence electrons. The molecule has 0 fully saturated rings. The van der Waals surface area contributed by atoms with Crippen molar-refractivity contribution in [1.29, 1.82) is 0 Å². The van der Waals surface area contributed by atoms with Crippen LogP contribution in [0.4, 0.5) is 9.59 Å². The van der Waals surface area contributed by atoms with E-state index in [4.69, 9.17) is 68.3 Å². The molecule has 0 saturated carbocycles. The zero-order valence-corrected chi connectivity index (χ0v) is 51.9. The van der Waals surface area contributed by atoms with Crippen molar-refractivity contribution in [1.82, 2.24) is 10.6 Å². The van der Waals surface area contributed by atoms with Crippen LogP contribution in [0.25, 0.3) is 0 Å². The second-order valence-corrected chi connectivity index (χ2v) is 20.8.